The van der Waals surface area contributed by atoms with E-state index in [4.69, 9.17) is 15.5 Å². The fourth-order valence-electron chi connectivity index (χ4n) is 4.83. The Balaban J connectivity index is 1.32. The number of fused-ring (bicyclic) bond motifs is 1. The standard InChI is InChI=1S/C23H28N8O/c1-13-25-21(24)19-22(26-13)32-23(2,3)20(27-19)17-10-8-16(9-11-17)15-6-4-14(5-7-15)12-18-28-30-31-29-18/h8-11,14-15H,4-7,12H2,1-3H3,(H2,24,25,26)(H,28,29,30,31)/t14-,15-. The van der Waals surface area contributed by atoms with Crippen LogP contribution in [0.15, 0.2) is 29.3 Å². The van der Waals surface area contributed by atoms with Crippen LogP contribution in [0.3, 0.4) is 0 Å². The fraction of sp³-hybridized carbons (Fsp3) is 0.478. The quantitative estimate of drug-likeness (QED) is 0.643. The van der Waals surface area contributed by atoms with Crippen LogP contribution in [-0.2, 0) is 6.42 Å². The molecule has 1 aliphatic heterocycles. The number of hydrogen-bond acceptors (Lipinski definition) is 8. The van der Waals surface area contributed by atoms with E-state index >= 15 is 0 Å². The lowest BCUT2D eigenvalue weighted by molar-refractivity contribution is 0.171. The van der Waals surface area contributed by atoms with E-state index in [2.05, 4.69) is 54.9 Å². The molecular weight excluding hydrogens is 404 g/mol. The van der Waals surface area contributed by atoms with Gasteiger partial charge in [0.25, 0.3) is 0 Å². The molecule has 1 aliphatic carbocycles. The van der Waals surface area contributed by atoms with E-state index in [9.17, 15) is 0 Å². The van der Waals surface area contributed by atoms with Crippen LogP contribution in [0.25, 0.3) is 0 Å². The Morgan fingerprint density at radius 3 is 2.53 bits per heavy atom. The average Bonchev–Trinajstić information content (AvgIpc) is 3.26. The molecule has 0 radical (unpaired) electrons. The number of benzene rings is 1. The molecule has 1 saturated carbocycles. The minimum atomic E-state index is -0.616. The number of ether oxygens (including phenoxy) is 1. The monoisotopic (exact) mass is 432 g/mol. The maximum Gasteiger partial charge on any atom is 0.246 e. The second-order valence-electron chi connectivity index (χ2n) is 9.25. The van der Waals surface area contributed by atoms with Crippen LogP contribution in [0.5, 0.6) is 5.88 Å². The van der Waals surface area contributed by atoms with E-state index < -0.39 is 5.60 Å². The van der Waals surface area contributed by atoms with Crippen LogP contribution >= 0.6 is 0 Å². The summed E-state index contributed by atoms with van der Waals surface area (Å²) in [4.78, 5) is 13.4. The van der Waals surface area contributed by atoms with Crippen molar-refractivity contribution in [3.8, 4) is 5.88 Å². The molecule has 5 rings (SSSR count). The molecule has 2 aliphatic rings. The summed E-state index contributed by atoms with van der Waals surface area (Å²) in [6.07, 6.45) is 5.63. The molecule has 0 atom stereocenters. The van der Waals surface area contributed by atoms with Gasteiger partial charge in [-0.2, -0.15) is 10.2 Å². The smallest absolute Gasteiger partial charge is 0.246 e. The molecule has 1 fully saturated rings. The molecule has 0 amide bonds. The van der Waals surface area contributed by atoms with E-state index in [-0.39, 0.29) is 0 Å². The predicted octanol–water partition coefficient (Wildman–Crippen LogP) is 3.69. The van der Waals surface area contributed by atoms with Gasteiger partial charge in [-0.15, -0.1) is 10.2 Å². The van der Waals surface area contributed by atoms with Gasteiger partial charge in [-0.3, -0.25) is 0 Å². The van der Waals surface area contributed by atoms with Crippen molar-refractivity contribution in [1.82, 2.24) is 30.6 Å². The van der Waals surface area contributed by atoms with Crippen LogP contribution in [0.2, 0.25) is 0 Å². The van der Waals surface area contributed by atoms with E-state index in [1.165, 1.54) is 31.2 Å². The second-order valence-corrected chi connectivity index (χ2v) is 9.25. The Kier molecular flexibility index (Phi) is 5.11. The predicted molar refractivity (Wildman–Crippen MR) is 121 cm³/mol. The zero-order valence-corrected chi connectivity index (χ0v) is 18.7. The third kappa shape index (κ3) is 3.94. The van der Waals surface area contributed by atoms with Crippen LogP contribution in [0.1, 0.15) is 68.2 Å². The zero-order valence-electron chi connectivity index (χ0n) is 18.7. The van der Waals surface area contributed by atoms with Crippen molar-refractivity contribution >= 4 is 17.2 Å². The minimum Gasteiger partial charge on any atom is -0.463 e. The molecule has 3 N–H and O–H groups in total. The van der Waals surface area contributed by atoms with Crippen molar-refractivity contribution in [3.63, 3.8) is 0 Å². The number of aryl methyl sites for hydroxylation is 1. The zero-order chi connectivity index (χ0) is 22.3. The Labute approximate surface area is 186 Å². The van der Waals surface area contributed by atoms with E-state index in [1.807, 2.05) is 13.8 Å². The van der Waals surface area contributed by atoms with Crippen molar-refractivity contribution in [1.29, 1.82) is 0 Å². The second kappa shape index (κ2) is 7.96. The van der Waals surface area contributed by atoms with Crippen molar-refractivity contribution in [2.24, 2.45) is 10.9 Å². The third-order valence-corrected chi connectivity index (χ3v) is 6.50. The molecule has 3 heterocycles. The number of H-pyrrole nitrogens is 1. The number of hydrogen-bond donors (Lipinski definition) is 2. The molecule has 32 heavy (non-hydrogen) atoms. The number of anilines is 1. The van der Waals surface area contributed by atoms with E-state index in [0.717, 1.165) is 23.5 Å². The van der Waals surface area contributed by atoms with Crippen LogP contribution in [0, 0.1) is 12.8 Å². The first-order chi connectivity index (χ1) is 15.4. The van der Waals surface area contributed by atoms with Gasteiger partial charge < -0.3 is 10.5 Å². The largest absolute Gasteiger partial charge is 0.463 e. The summed E-state index contributed by atoms with van der Waals surface area (Å²) in [5.41, 5.74) is 9.22. The van der Waals surface area contributed by atoms with Crippen LogP contribution < -0.4 is 10.5 Å². The van der Waals surface area contributed by atoms with Gasteiger partial charge in [0.1, 0.15) is 11.4 Å². The number of aromatic amines is 1. The molecule has 0 saturated heterocycles. The molecular formula is C23H28N8O. The van der Waals surface area contributed by atoms with Crippen molar-refractivity contribution < 1.29 is 4.74 Å². The van der Waals surface area contributed by atoms with Gasteiger partial charge in [0.15, 0.2) is 17.3 Å². The van der Waals surface area contributed by atoms with Crippen LogP contribution in [-0.4, -0.2) is 41.9 Å². The fourth-order valence-corrected chi connectivity index (χ4v) is 4.83. The maximum atomic E-state index is 6.17. The number of nitrogen functional groups attached to an aromatic ring is 1. The van der Waals surface area contributed by atoms with Gasteiger partial charge >= 0.3 is 0 Å². The highest BCUT2D eigenvalue weighted by molar-refractivity contribution is 6.09. The summed E-state index contributed by atoms with van der Waals surface area (Å²) in [5, 5.41) is 14.4. The minimum absolute atomic E-state index is 0.342. The first-order valence-electron chi connectivity index (χ1n) is 11.1. The number of aromatic nitrogens is 6. The molecule has 9 nitrogen and oxygen atoms in total. The normalized spacial score (nSPS) is 22.0. The SMILES string of the molecule is Cc1nc(N)c2c(n1)OC(C)(C)C(c1ccc([C@H]3CC[C@H](Cc4nn[nH]n4)CC3)cc1)=N2. The van der Waals surface area contributed by atoms with Gasteiger partial charge in [0.2, 0.25) is 5.88 Å². The number of nitrogens with two attached hydrogens (primary N) is 1. The van der Waals surface area contributed by atoms with Crippen LogP contribution in [0.4, 0.5) is 11.5 Å². The Morgan fingerprint density at radius 1 is 1.09 bits per heavy atom. The lowest BCUT2D eigenvalue weighted by Crippen LogP contribution is -2.41. The van der Waals surface area contributed by atoms with Gasteiger partial charge in [0.05, 0.1) is 5.71 Å². The van der Waals surface area contributed by atoms with Crippen molar-refractivity contribution in [2.45, 2.75) is 64.4 Å². The maximum absolute atomic E-state index is 6.17. The third-order valence-electron chi connectivity index (χ3n) is 6.50. The van der Waals surface area contributed by atoms with Gasteiger partial charge in [-0.05, 0) is 63.9 Å². The lowest BCUT2D eigenvalue weighted by atomic mass is 9.77. The van der Waals surface area contributed by atoms with Gasteiger partial charge in [-0.1, -0.05) is 29.5 Å². The first-order valence-corrected chi connectivity index (χ1v) is 11.1. The van der Waals surface area contributed by atoms with Gasteiger partial charge in [0, 0.05) is 12.0 Å². The number of aliphatic imine (C=N–C) groups is 1. The van der Waals surface area contributed by atoms with Crippen molar-refractivity contribution in [3.05, 3.63) is 47.0 Å². The summed E-state index contributed by atoms with van der Waals surface area (Å²) in [5.74, 6) is 3.39. The van der Waals surface area contributed by atoms with Gasteiger partial charge in [-0.25, -0.2) is 9.98 Å². The number of nitrogens with zero attached hydrogens (tertiary/aromatic N) is 6. The lowest BCUT2D eigenvalue weighted by Gasteiger charge is -2.32. The molecule has 166 valence electrons. The Bertz CT molecular complexity index is 1130. The highest BCUT2D eigenvalue weighted by atomic mass is 16.5. The molecule has 2 aromatic heterocycles. The molecule has 1 aromatic carbocycles. The average molecular weight is 433 g/mol. The number of nitrogens with one attached hydrogen (secondary N) is 1. The number of rotatable bonds is 4. The van der Waals surface area contributed by atoms with E-state index in [0.29, 0.717) is 35.0 Å². The Hall–Kier alpha value is -3.36. The Morgan fingerprint density at radius 2 is 1.84 bits per heavy atom. The highest BCUT2D eigenvalue weighted by Crippen LogP contribution is 2.40. The summed E-state index contributed by atoms with van der Waals surface area (Å²) in [6, 6.07) is 8.73. The summed E-state index contributed by atoms with van der Waals surface area (Å²) in [6.45, 7) is 5.80. The molecule has 3 aromatic rings. The molecule has 9 heteroatoms. The molecule has 0 unspecified atom stereocenters. The summed E-state index contributed by atoms with van der Waals surface area (Å²) >= 11 is 0. The first kappa shape index (κ1) is 20.5. The molecule has 0 spiro atoms. The van der Waals surface area contributed by atoms with E-state index in [1.54, 1.807) is 6.92 Å². The molecule has 0 bridgehead atoms. The summed E-state index contributed by atoms with van der Waals surface area (Å²) < 4.78 is 6.17. The number of tetrazole rings is 1. The highest BCUT2D eigenvalue weighted by Gasteiger charge is 2.35. The summed E-state index contributed by atoms with van der Waals surface area (Å²) in [7, 11) is 0. The topological polar surface area (TPSA) is 128 Å². The van der Waals surface area contributed by atoms with Crippen molar-refractivity contribution in [2.75, 3.05) is 5.73 Å².